The number of H-pyrrole nitrogens is 1. The zero-order chi connectivity index (χ0) is 26.5. The maximum absolute atomic E-state index is 12.6. The Morgan fingerprint density at radius 1 is 1.19 bits per heavy atom. The first-order chi connectivity index (χ1) is 16.9. The van der Waals surface area contributed by atoms with Gasteiger partial charge in [-0.25, -0.2) is 14.6 Å². The van der Waals surface area contributed by atoms with Crippen molar-refractivity contribution >= 4 is 39.5 Å². The first-order valence-electron chi connectivity index (χ1n) is 10.9. The molecule has 3 rings (SSSR count). The molecule has 0 aliphatic heterocycles. The van der Waals surface area contributed by atoms with E-state index in [1.807, 2.05) is 24.3 Å². The van der Waals surface area contributed by atoms with Crippen LogP contribution in [-0.4, -0.2) is 39.8 Å². The number of benzene rings is 2. The summed E-state index contributed by atoms with van der Waals surface area (Å²) in [5.74, 6) is 0.391. The third-order valence-corrected chi connectivity index (χ3v) is 5.34. The average molecular weight is 560 g/mol. The molecule has 11 nitrogen and oxygen atoms in total. The minimum Gasteiger partial charge on any atom is -0.453 e. The molecule has 12 heteroatoms. The summed E-state index contributed by atoms with van der Waals surface area (Å²) in [5.41, 5.74) is 0.701. The molecule has 0 aliphatic carbocycles. The van der Waals surface area contributed by atoms with Crippen LogP contribution in [0, 0.1) is 10.1 Å². The van der Waals surface area contributed by atoms with Gasteiger partial charge in [-0.05, 0) is 50.6 Å². The molecule has 190 valence electrons. The van der Waals surface area contributed by atoms with E-state index in [9.17, 15) is 19.7 Å². The number of nitro groups is 1. The second-order valence-electron chi connectivity index (χ2n) is 8.81. The van der Waals surface area contributed by atoms with Gasteiger partial charge in [0.25, 0.3) is 5.69 Å². The van der Waals surface area contributed by atoms with E-state index in [2.05, 4.69) is 41.3 Å². The summed E-state index contributed by atoms with van der Waals surface area (Å²) in [4.78, 5) is 42.8. The first kappa shape index (κ1) is 26.7. The smallest absolute Gasteiger partial charge is 0.411 e. The fourth-order valence-corrected chi connectivity index (χ4v) is 3.81. The number of carbonyl (C=O) groups is 2. The predicted octanol–water partition coefficient (Wildman–Crippen LogP) is 5.73. The lowest BCUT2D eigenvalue weighted by atomic mass is 10.1. The van der Waals surface area contributed by atoms with E-state index < -0.39 is 28.8 Å². The van der Waals surface area contributed by atoms with Gasteiger partial charge < -0.3 is 19.8 Å². The minimum atomic E-state index is -0.747. The Kier molecular flexibility index (Phi) is 8.30. The molecule has 0 bridgehead atoms. The standard InChI is InChI=1S/C24H26BrN5O6/c1-24(2,3)36-23(32)29-18(11-14-6-5-7-15(25)10-14)21-26-13-19(28-21)17-9-8-16(27-22(31)35-4)12-20(17)30(33)34/h5-10,12-13,18H,11H2,1-4H3,(H,26,28)(H,27,31)(H,29,32)/t18-/m0/s1. The van der Waals surface area contributed by atoms with Gasteiger partial charge in [0.05, 0.1) is 35.0 Å². The molecule has 0 spiro atoms. The largest absolute Gasteiger partial charge is 0.453 e. The number of hydrogen-bond donors (Lipinski definition) is 3. The number of methoxy groups -OCH3 is 1. The number of amides is 2. The van der Waals surface area contributed by atoms with Gasteiger partial charge in [0, 0.05) is 23.2 Å². The number of anilines is 1. The number of alkyl carbamates (subject to hydrolysis) is 1. The topological polar surface area (TPSA) is 148 Å². The van der Waals surface area contributed by atoms with E-state index in [1.165, 1.54) is 31.5 Å². The van der Waals surface area contributed by atoms with Crippen molar-refractivity contribution in [2.75, 3.05) is 12.4 Å². The van der Waals surface area contributed by atoms with Crippen LogP contribution in [0.25, 0.3) is 11.3 Å². The van der Waals surface area contributed by atoms with Gasteiger partial charge in [0.2, 0.25) is 0 Å². The molecule has 1 aromatic heterocycles. The molecule has 0 aliphatic rings. The van der Waals surface area contributed by atoms with Crippen molar-refractivity contribution in [2.24, 2.45) is 0 Å². The maximum Gasteiger partial charge on any atom is 0.411 e. The third kappa shape index (κ3) is 7.28. The Morgan fingerprint density at radius 3 is 2.58 bits per heavy atom. The highest BCUT2D eigenvalue weighted by atomic mass is 79.9. The van der Waals surface area contributed by atoms with Crippen molar-refractivity contribution in [3.63, 3.8) is 0 Å². The van der Waals surface area contributed by atoms with Gasteiger partial charge in [0.15, 0.2) is 0 Å². The van der Waals surface area contributed by atoms with E-state index in [4.69, 9.17) is 4.74 Å². The minimum absolute atomic E-state index is 0.201. The summed E-state index contributed by atoms with van der Waals surface area (Å²) in [6, 6.07) is 11.2. The molecule has 0 saturated heterocycles. The van der Waals surface area contributed by atoms with Crippen LogP contribution >= 0.6 is 15.9 Å². The van der Waals surface area contributed by atoms with Crippen molar-refractivity contribution in [3.05, 3.63) is 74.6 Å². The van der Waals surface area contributed by atoms with E-state index >= 15 is 0 Å². The second-order valence-corrected chi connectivity index (χ2v) is 9.73. The molecule has 0 radical (unpaired) electrons. The van der Waals surface area contributed by atoms with E-state index in [0.29, 0.717) is 17.9 Å². The summed E-state index contributed by atoms with van der Waals surface area (Å²) in [6.07, 6.45) is 0.540. The van der Waals surface area contributed by atoms with E-state index in [1.54, 1.807) is 20.8 Å². The van der Waals surface area contributed by atoms with E-state index in [-0.39, 0.29) is 16.9 Å². The summed E-state index contributed by atoms with van der Waals surface area (Å²) in [6.45, 7) is 5.29. The zero-order valence-corrected chi connectivity index (χ0v) is 21.7. The Bertz CT molecular complexity index is 1270. The monoisotopic (exact) mass is 559 g/mol. The number of ether oxygens (including phenoxy) is 2. The van der Waals surface area contributed by atoms with Crippen LogP contribution in [0.4, 0.5) is 21.0 Å². The second kappa shape index (κ2) is 11.2. The number of carbonyl (C=O) groups excluding carboxylic acids is 2. The molecular formula is C24H26BrN5O6. The van der Waals surface area contributed by atoms with Crippen molar-refractivity contribution < 1.29 is 24.0 Å². The molecule has 0 unspecified atom stereocenters. The maximum atomic E-state index is 12.6. The van der Waals surface area contributed by atoms with Crippen LogP contribution in [0.5, 0.6) is 0 Å². The highest BCUT2D eigenvalue weighted by molar-refractivity contribution is 9.10. The lowest BCUT2D eigenvalue weighted by Crippen LogP contribution is -2.36. The van der Waals surface area contributed by atoms with Gasteiger partial charge in [-0.15, -0.1) is 0 Å². The number of hydrogen-bond acceptors (Lipinski definition) is 7. The van der Waals surface area contributed by atoms with Gasteiger partial charge in [0.1, 0.15) is 11.4 Å². The van der Waals surface area contributed by atoms with Crippen molar-refractivity contribution in [1.29, 1.82) is 0 Å². The van der Waals surface area contributed by atoms with Crippen molar-refractivity contribution in [3.8, 4) is 11.3 Å². The third-order valence-electron chi connectivity index (χ3n) is 4.85. The molecule has 1 atom stereocenters. The van der Waals surface area contributed by atoms with Gasteiger partial charge >= 0.3 is 12.2 Å². The van der Waals surface area contributed by atoms with E-state index in [0.717, 1.165) is 10.0 Å². The quantitative estimate of drug-likeness (QED) is 0.247. The Hall–Kier alpha value is -3.93. The molecule has 2 amide bonds. The number of aromatic nitrogens is 2. The number of rotatable bonds is 7. The van der Waals surface area contributed by atoms with Crippen LogP contribution in [0.2, 0.25) is 0 Å². The molecular weight excluding hydrogens is 534 g/mol. The van der Waals surface area contributed by atoms with Gasteiger partial charge in [-0.1, -0.05) is 28.1 Å². The summed E-state index contributed by atoms with van der Waals surface area (Å²) >= 11 is 3.45. The number of imidazole rings is 1. The molecule has 1 heterocycles. The number of halogens is 1. The molecule has 0 fully saturated rings. The van der Waals surface area contributed by atoms with Crippen LogP contribution in [0.1, 0.15) is 38.2 Å². The van der Waals surface area contributed by atoms with Crippen LogP contribution in [0.3, 0.4) is 0 Å². The molecule has 2 aromatic carbocycles. The van der Waals surface area contributed by atoms with Gasteiger partial charge in [-0.2, -0.15) is 0 Å². The molecule has 0 saturated carbocycles. The lowest BCUT2D eigenvalue weighted by Gasteiger charge is -2.23. The SMILES string of the molecule is COC(=O)Nc1ccc(-c2c[nH]c([C@H](Cc3cccc(Br)c3)NC(=O)OC(C)(C)C)n2)c([N+](=O)[O-])c1. The fourth-order valence-electron chi connectivity index (χ4n) is 3.36. The number of nitrogens with zero attached hydrogens (tertiary/aromatic N) is 2. The molecule has 36 heavy (non-hydrogen) atoms. The fraction of sp³-hybridized carbons (Fsp3) is 0.292. The number of nitrogens with one attached hydrogen (secondary N) is 3. The Morgan fingerprint density at radius 2 is 1.94 bits per heavy atom. The van der Waals surface area contributed by atoms with Crippen molar-refractivity contribution in [1.82, 2.24) is 15.3 Å². The Labute approximate surface area is 215 Å². The Balaban J connectivity index is 1.94. The highest BCUT2D eigenvalue weighted by Crippen LogP contribution is 2.32. The van der Waals surface area contributed by atoms with Crippen LogP contribution in [-0.2, 0) is 15.9 Å². The predicted molar refractivity (Wildman–Crippen MR) is 137 cm³/mol. The normalized spacial score (nSPS) is 11.9. The summed E-state index contributed by atoms with van der Waals surface area (Å²) in [5, 5.41) is 17.0. The molecule has 3 N–H and O–H groups in total. The van der Waals surface area contributed by atoms with Crippen LogP contribution in [0.15, 0.2) is 53.1 Å². The van der Waals surface area contributed by atoms with Crippen molar-refractivity contribution in [2.45, 2.75) is 38.8 Å². The van der Waals surface area contributed by atoms with Crippen LogP contribution < -0.4 is 10.6 Å². The zero-order valence-electron chi connectivity index (χ0n) is 20.1. The number of nitro benzene ring substituents is 1. The lowest BCUT2D eigenvalue weighted by molar-refractivity contribution is -0.384. The van der Waals surface area contributed by atoms with Gasteiger partial charge in [-0.3, -0.25) is 15.4 Å². The molecule has 3 aromatic rings. The summed E-state index contributed by atoms with van der Waals surface area (Å²) in [7, 11) is 1.19. The number of aromatic amines is 1. The summed E-state index contributed by atoms with van der Waals surface area (Å²) < 4.78 is 10.8. The first-order valence-corrected chi connectivity index (χ1v) is 11.7. The average Bonchev–Trinajstić information content (AvgIpc) is 3.27. The highest BCUT2D eigenvalue weighted by Gasteiger charge is 2.25.